The van der Waals surface area contributed by atoms with Gasteiger partial charge in [0.2, 0.25) is 11.6 Å². The molecule has 1 aromatic heterocycles. The Morgan fingerprint density at radius 3 is 1.62 bits per heavy atom. The van der Waals surface area contributed by atoms with E-state index in [2.05, 4.69) is 45.0 Å². The molecular formula is C64H76N4O16. The average Bonchev–Trinajstić information content (AvgIpc) is 1.84. The number of esters is 2. The van der Waals surface area contributed by atoms with Crippen molar-refractivity contribution < 1.29 is 71.9 Å². The Balaban J connectivity index is 0.000000313. The van der Waals surface area contributed by atoms with Crippen molar-refractivity contribution in [3.8, 4) is 11.5 Å². The summed E-state index contributed by atoms with van der Waals surface area (Å²) in [4.78, 5) is 115. The van der Waals surface area contributed by atoms with Crippen LogP contribution in [0.2, 0.25) is 0 Å². The molecule has 0 spiro atoms. The highest BCUT2D eigenvalue weighted by molar-refractivity contribution is 6.47. The van der Waals surface area contributed by atoms with Crippen LogP contribution < -0.4 is 4.74 Å². The molecule has 5 aromatic rings. The third-order valence-electron chi connectivity index (χ3n) is 14.2. The van der Waals surface area contributed by atoms with E-state index in [4.69, 9.17) is 14.3 Å². The van der Waals surface area contributed by atoms with E-state index in [0.29, 0.717) is 44.5 Å². The maximum absolute atomic E-state index is 13.7. The number of nitrogens with zero attached hydrogens (tertiary/aromatic N) is 4. The lowest BCUT2D eigenvalue weighted by Gasteiger charge is -2.22. The second-order valence-corrected chi connectivity index (χ2v) is 20.3. The molecule has 0 aliphatic heterocycles. The van der Waals surface area contributed by atoms with E-state index < -0.39 is 28.4 Å². The van der Waals surface area contributed by atoms with Crippen molar-refractivity contribution in [2.75, 3.05) is 27.9 Å². The number of Topliss-reactive ketones (excluding diaryl/α,β-unsaturated/α-hetero) is 4. The van der Waals surface area contributed by atoms with Crippen LogP contribution in [0, 0.1) is 22.0 Å². The van der Waals surface area contributed by atoms with E-state index in [1.807, 2.05) is 24.3 Å². The Bertz CT molecular complexity index is 3300. The lowest BCUT2D eigenvalue weighted by molar-refractivity contribution is -0.383. The van der Waals surface area contributed by atoms with Gasteiger partial charge in [-0.3, -0.25) is 38.9 Å². The number of carbonyl (C=O) groups excluding carboxylic acids is 8. The minimum atomic E-state index is -0.718. The second kappa shape index (κ2) is 33.4. The van der Waals surface area contributed by atoms with Gasteiger partial charge in [-0.1, -0.05) is 74.3 Å². The van der Waals surface area contributed by atoms with E-state index in [0.717, 1.165) is 75.8 Å². The number of non-ortho nitro benzene ring substituents is 1. The van der Waals surface area contributed by atoms with Gasteiger partial charge in [0.05, 0.1) is 25.7 Å². The zero-order valence-corrected chi connectivity index (χ0v) is 49.9. The first kappa shape index (κ1) is 67.7. The van der Waals surface area contributed by atoms with Crippen molar-refractivity contribution in [3.63, 3.8) is 0 Å². The number of carbonyl (C=O) groups is 8. The van der Waals surface area contributed by atoms with Crippen LogP contribution in [0.3, 0.4) is 0 Å². The number of aromatic nitrogens is 1. The average molecular weight is 1160 g/mol. The molecule has 0 bridgehead atoms. The minimum absolute atomic E-state index is 0.0313. The van der Waals surface area contributed by atoms with Gasteiger partial charge < -0.3 is 33.2 Å². The van der Waals surface area contributed by atoms with Crippen molar-refractivity contribution in [1.82, 2.24) is 4.57 Å². The van der Waals surface area contributed by atoms with Crippen molar-refractivity contribution in [1.29, 1.82) is 0 Å². The van der Waals surface area contributed by atoms with Crippen LogP contribution in [0.15, 0.2) is 112 Å². The Morgan fingerprint density at radius 1 is 0.619 bits per heavy atom. The maximum Gasteiger partial charge on any atom is 0.331 e. The molecule has 0 saturated heterocycles. The highest BCUT2D eigenvalue weighted by Crippen LogP contribution is 2.37. The third-order valence-corrected chi connectivity index (χ3v) is 14.2. The molecule has 0 N–H and O–H groups in total. The molecule has 84 heavy (non-hydrogen) atoms. The topological polar surface area (TPSA) is 265 Å². The molecule has 0 radical (unpaired) electrons. The van der Waals surface area contributed by atoms with E-state index >= 15 is 0 Å². The van der Waals surface area contributed by atoms with Crippen LogP contribution >= 0.6 is 0 Å². The van der Waals surface area contributed by atoms with Gasteiger partial charge in [0.25, 0.3) is 5.69 Å². The lowest BCUT2D eigenvalue weighted by atomic mass is 9.83. The fourth-order valence-electron chi connectivity index (χ4n) is 9.56. The molecule has 0 amide bonds. The van der Waals surface area contributed by atoms with E-state index in [9.17, 15) is 48.5 Å². The van der Waals surface area contributed by atoms with Gasteiger partial charge in [-0.2, -0.15) is 0 Å². The molecule has 2 aliphatic rings. The van der Waals surface area contributed by atoms with Crippen LogP contribution in [-0.2, 0) is 50.1 Å². The maximum atomic E-state index is 13.7. The summed E-state index contributed by atoms with van der Waals surface area (Å²) in [5.41, 5.74) is 4.57. The summed E-state index contributed by atoms with van der Waals surface area (Å²) in [6.45, 7) is 14.5. The first-order valence-electron chi connectivity index (χ1n) is 27.7. The molecule has 0 unspecified atom stereocenters. The van der Waals surface area contributed by atoms with Crippen LogP contribution in [0.1, 0.15) is 167 Å². The first-order chi connectivity index (χ1) is 40.0. The number of ketones is 4. The summed E-state index contributed by atoms with van der Waals surface area (Å²) in [5, 5.41) is 20.3. The van der Waals surface area contributed by atoms with Crippen LogP contribution in [0.5, 0.6) is 11.5 Å². The molecule has 2 aliphatic carbocycles. The largest absolute Gasteiger partial charge is 0.469 e. The molecule has 2 saturated carbocycles. The summed E-state index contributed by atoms with van der Waals surface area (Å²) in [5.74, 6) is -1.06. The number of methoxy groups -OCH3 is 3. The highest BCUT2D eigenvalue weighted by atomic mass is 16.7. The number of fused-ring (bicyclic) bond motifs is 3. The number of benzene rings is 4. The van der Waals surface area contributed by atoms with Gasteiger partial charge >= 0.3 is 23.9 Å². The molecular weight excluding hydrogens is 1080 g/mol. The Labute approximate surface area is 489 Å². The van der Waals surface area contributed by atoms with Gasteiger partial charge in [-0.15, -0.1) is 0 Å². The number of hydrogen-bond donors (Lipinski definition) is 0. The standard InChI is InChI=1S/C30H36O4.C28H28N4O8.2C3H6O2/c1-5-21(2)28(19-10-23-8-6-7-9-23)30(32)25-13-17-27(18-14-25)34-26-15-11-24(12-16-26)29(31)22(3)20-33-4;1-15(29-39-16(2)33)27(35)20-13-22-21-12-19(10-11-23(21)31(4)26(22)24(14-20)32(37)38)28(36)25(30-40-17(3)34)18-8-6-5-7-9-18;2*1-3(4)5-2/h11-18,23H,3,5-10,19-20H2,1-2,4H3;10-14,18H,5-9H2,1-4H3;2*1-2H3/b28-21-;29-15+,30-25+;;. The Morgan fingerprint density at radius 2 is 1.12 bits per heavy atom. The monoisotopic (exact) mass is 1160 g/mol. The molecule has 0 atom stereocenters. The van der Waals surface area contributed by atoms with Gasteiger partial charge in [0.15, 0.2) is 11.6 Å². The predicted octanol–water partition coefficient (Wildman–Crippen LogP) is 13.1. The number of nitro groups is 1. The SMILES string of the molecule is C=C(COC)C(=O)c1ccc(Oc2ccc(C(=O)/C(CCC3CCCC3)=C(/C)CC)cc2)cc1.CC(=O)O/N=C(\C)C(=O)c1cc([N+](=O)[O-])c2c(c1)c1cc(C(=O)/C(=N/OC(C)=O)C3CCCCC3)ccc1n2C.COC(C)=O.COC(C)=O. The molecule has 20 heteroatoms. The summed E-state index contributed by atoms with van der Waals surface area (Å²) < 4.78 is 20.7. The molecule has 2 fully saturated rings. The molecule has 4 aromatic carbocycles. The zero-order valence-electron chi connectivity index (χ0n) is 49.9. The normalized spacial score (nSPS) is 13.8. The van der Waals surface area contributed by atoms with Gasteiger partial charge in [-0.05, 0) is 130 Å². The molecule has 1 heterocycles. The van der Waals surface area contributed by atoms with Gasteiger partial charge in [-0.25, -0.2) is 9.59 Å². The molecule has 7 rings (SSSR count). The minimum Gasteiger partial charge on any atom is -0.469 e. The Kier molecular flexibility index (Phi) is 26.9. The van der Waals surface area contributed by atoms with Gasteiger partial charge in [0, 0.05) is 98.0 Å². The predicted molar refractivity (Wildman–Crippen MR) is 319 cm³/mol. The van der Waals surface area contributed by atoms with Crippen molar-refractivity contribution in [2.24, 2.45) is 29.2 Å². The summed E-state index contributed by atoms with van der Waals surface area (Å²) in [6, 6.07) is 21.8. The van der Waals surface area contributed by atoms with Crippen LogP contribution in [0.4, 0.5) is 5.69 Å². The smallest absolute Gasteiger partial charge is 0.331 e. The number of oxime groups is 2. The van der Waals surface area contributed by atoms with Gasteiger partial charge in [0.1, 0.15) is 28.4 Å². The van der Waals surface area contributed by atoms with E-state index in [1.165, 1.54) is 86.3 Å². The van der Waals surface area contributed by atoms with E-state index in [-0.39, 0.29) is 69.8 Å². The van der Waals surface area contributed by atoms with Crippen molar-refractivity contribution in [2.45, 2.75) is 126 Å². The summed E-state index contributed by atoms with van der Waals surface area (Å²) in [7, 11) is 5.89. The first-order valence-corrected chi connectivity index (χ1v) is 27.7. The highest BCUT2D eigenvalue weighted by Gasteiger charge is 2.29. The van der Waals surface area contributed by atoms with Crippen molar-refractivity contribution in [3.05, 3.63) is 135 Å². The zero-order chi connectivity index (χ0) is 62.2. The third kappa shape index (κ3) is 19.7. The number of rotatable bonds is 20. The summed E-state index contributed by atoms with van der Waals surface area (Å²) >= 11 is 0. The lowest BCUT2D eigenvalue weighted by Crippen LogP contribution is -2.27. The number of allylic oxidation sites excluding steroid dienone is 2. The summed E-state index contributed by atoms with van der Waals surface area (Å²) in [6.07, 6.45) is 12.5. The van der Waals surface area contributed by atoms with Crippen LogP contribution in [-0.4, -0.2) is 95.9 Å². The number of aryl methyl sites for hydroxylation is 1. The number of ether oxygens (including phenoxy) is 4. The molecule has 20 nitrogen and oxygen atoms in total. The fraction of sp³-hybridized carbons (Fsp3) is 0.406. The van der Waals surface area contributed by atoms with Crippen molar-refractivity contribution >= 4 is 85.9 Å². The van der Waals surface area contributed by atoms with Crippen LogP contribution in [0.25, 0.3) is 21.8 Å². The number of hydrogen-bond acceptors (Lipinski definition) is 18. The number of nitro benzene ring substituents is 1. The fourth-order valence-corrected chi connectivity index (χ4v) is 9.56. The van der Waals surface area contributed by atoms with E-state index in [1.54, 1.807) is 54.1 Å². The second-order valence-electron chi connectivity index (χ2n) is 20.3. The Hall–Kier alpha value is -8.78. The quantitative estimate of drug-likeness (QED) is 0.0133. The molecule has 448 valence electrons.